The Hall–Kier alpha value is -4.86. The van der Waals surface area contributed by atoms with Crippen molar-refractivity contribution in [1.29, 1.82) is 0 Å². The maximum atomic E-state index is 14.0. The molecule has 4 aromatic carbocycles. The molecule has 8 nitrogen and oxygen atoms in total. The molecule has 8 rings (SSSR count). The highest BCUT2D eigenvalue weighted by Gasteiger charge is 2.50. The van der Waals surface area contributed by atoms with E-state index in [0.717, 1.165) is 58.9 Å². The van der Waals surface area contributed by atoms with Gasteiger partial charge >= 0.3 is 6.03 Å². The summed E-state index contributed by atoms with van der Waals surface area (Å²) in [5.41, 5.74) is 4.94. The first-order valence-electron chi connectivity index (χ1n) is 16.5. The molecule has 6 aromatic rings. The monoisotopic (exact) mass is 657 g/mol. The molecule has 1 N–H and O–H groups in total. The number of urea groups is 1. The summed E-state index contributed by atoms with van der Waals surface area (Å²) in [5.74, 6) is 0. The van der Waals surface area contributed by atoms with Crippen molar-refractivity contribution in [3.8, 4) is 5.69 Å². The second-order valence-corrected chi connectivity index (χ2v) is 15.5. The van der Waals surface area contributed by atoms with Crippen LogP contribution in [-0.2, 0) is 15.6 Å². The molecule has 1 saturated carbocycles. The van der Waals surface area contributed by atoms with Crippen LogP contribution in [0.25, 0.3) is 27.5 Å². The van der Waals surface area contributed by atoms with Crippen LogP contribution >= 0.6 is 0 Å². The topological polar surface area (TPSA) is 79.6 Å². The van der Waals surface area contributed by atoms with Crippen LogP contribution in [0.5, 0.6) is 0 Å². The van der Waals surface area contributed by atoms with Crippen LogP contribution in [0.2, 0.25) is 0 Å². The van der Waals surface area contributed by atoms with E-state index < -0.39 is 10.0 Å². The van der Waals surface area contributed by atoms with Crippen molar-refractivity contribution in [2.45, 2.75) is 48.6 Å². The molecule has 1 aliphatic heterocycles. The number of nitrogens with zero attached hydrogens (tertiary/aromatic N) is 4. The molecule has 2 amide bonds. The minimum atomic E-state index is -3.87. The molecular formula is C39H39N5O3S. The van der Waals surface area contributed by atoms with E-state index in [1.165, 1.54) is 9.54 Å². The number of anilines is 1. The van der Waals surface area contributed by atoms with E-state index in [9.17, 15) is 13.2 Å². The van der Waals surface area contributed by atoms with Gasteiger partial charge in [0.15, 0.2) is 0 Å². The molecule has 244 valence electrons. The number of nitrogens with one attached hydrogen (secondary N) is 1. The Morgan fingerprint density at radius 1 is 0.708 bits per heavy atom. The molecule has 48 heavy (non-hydrogen) atoms. The molecular weight excluding hydrogens is 619 g/mol. The minimum Gasteiger partial charge on any atom is -0.330 e. The molecule has 1 aliphatic carbocycles. The first kappa shape index (κ1) is 30.5. The SMILES string of the molecule is Cc1ccc(S(=O)(=O)n2cc(-n3cc(N4CC5(CCC(c6ccccc6)(N(C)C)CC5)NC4=O)c4ccccc43)c3ccccc32)cc1. The summed E-state index contributed by atoms with van der Waals surface area (Å²) in [7, 11) is 0.441. The minimum absolute atomic E-state index is 0.0756. The van der Waals surface area contributed by atoms with Gasteiger partial charge in [0.2, 0.25) is 0 Å². The second-order valence-electron chi connectivity index (χ2n) is 13.6. The zero-order chi connectivity index (χ0) is 33.3. The van der Waals surface area contributed by atoms with Crippen molar-refractivity contribution in [2.75, 3.05) is 25.5 Å². The number of rotatable bonds is 6. The molecule has 0 bridgehead atoms. The van der Waals surface area contributed by atoms with Gasteiger partial charge in [0.05, 0.1) is 39.4 Å². The van der Waals surface area contributed by atoms with E-state index >= 15 is 0 Å². The number of hydrogen-bond acceptors (Lipinski definition) is 4. The zero-order valence-corrected chi connectivity index (χ0v) is 28.2. The van der Waals surface area contributed by atoms with Crippen LogP contribution in [0.15, 0.2) is 120 Å². The highest BCUT2D eigenvalue weighted by molar-refractivity contribution is 7.90. The maximum absolute atomic E-state index is 14.0. The Labute approximate surface area is 281 Å². The lowest BCUT2D eigenvalue weighted by atomic mass is 9.69. The molecule has 1 saturated heterocycles. The van der Waals surface area contributed by atoms with Crippen molar-refractivity contribution in [3.63, 3.8) is 0 Å². The van der Waals surface area contributed by atoms with Gasteiger partial charge in [-0.2, -0.15) is 0 Å². The standard InChI is InChI=1S/C39H39N5O3S/c1-28-17-19-30(20-18-28)48(46,47)44-26-36(32-14-8-10-16-34(32)44)42-25-35(31-13-7-9-15-33(31)42)43-27-38(40-37(43)45)21-23-39(24-22-38,41(2)3)29-11-5-4-6-12-29/h4-20,25-26H,21-24,27H2,1-3H3,(H,40,45). The van der Waals surface area contributed by atoms with Gasteiger partial charge in [0.1, 0.15) is 0 Å². The van der Waals surface area contributed by atoms with Crippen LogP contribution in [0.4, 0.5) is 10.5 Å². The molecule has 9 heteroatoms. The summed E-state index contributed by atoms with van der Waals surface area (Å²) < 4.78 is 31.3. The molecule has 0 radical (unpaired) electrons. The fourth-order valence-electron chi connectivity index (χ4n) is 7.99. The van der Waals surface area contributed by atoms with Crippen LogP contribution in [0.1, 0.15) is 36.8 Å². The summed E-state index contributed by atoms with van der Waals surface area (Å²) >= 11 is 0. The van der Waals surface area contributed by atoms with E-state index in [2.05, 4.69) is 54.6 Å². The van der Waals surface area contributed by atoms with Crippen molar-refractivity contribution < 1.29 is 13.2 Å². The average Bonchev–Trinajstić information content (AvgIpc) is 3.77. The van der Waals surface area contributed by atoms with Gasteiger partial charge in [0, 0.05) is 28.7 Å². The third-order valence-corrected chi connectivity index (χ3v) is 12.4. The van der Waals surface area contributed by atoms with E-state index in [-0.39, 0.29) is 22.0 Å². The highest BCUT2D eigenvalue weighted by Crippen LogP contribution is 2.47. The van der Waals surface area contributed by atoms with Gasteiger partial charge in [0.25, 0.3) is 10.0 Å². The predicted octanol–water partition coefficient (Wildman–Crippen LogP) is 7.43. The number of carbonyl (C=O) groups excluding carboxylic acids is 1. The molecule has 0 unspecified atom stereocenters. The lowest BCUT2D eigenvalue weighted by Crippen LogP contribution is -2.54. The fraction of sp³-hybridized carbons (Fsp3) is 0.256. The third kappa shape index (κ3) is 4.67. The first-order chi connectivity index (χ1) is 23.1. The Morgan fingerprint density at radius 3 is 1.98 bits per heavy atom. The van der Waals surface area contributed by atoms with Crippen molar-refractivity contribution >= 4 is 43.5 Å². The molecule has 2 fully saturated rings. The molecule has 2 aromatic heterocycles. The number of fused-ring (bicyclic) bond motifs is 2. The van der Waals surface area contributed by atoms with Crippen molar-refractivity contribution in [2.24, 2.45) is 0 Å². The number of carbonyl (C=O) groups is 1. The number of hydrogen-bond donors (Lipinski definition) is 1. The number of para-hydroxylation sites is 2. The van der Waals surface area contributed by atoms with Gasteiger partial charge < -0.3 is 9.88 Å². The highest BCUT2D eigenvalue weighted by atomic mass is 32.2. The number of amides is 2. The predicted molar refractivity (Wildman–Crippen MR) is 191 cm³/mol. The van der Waals surface area contributed by atoms with Crippen LogP contribution in [0.3, 0.4) is 0 Å². The Kier molecular flexibility index (Phi) is 7.05. The van der Waals surface area contributed by atoms with Crippen LogP contribution in [0, 0.1) is 6.92 Å². The van der Waals surface area contributed by atoms with Gasteiger partial charge in [-0.3, -0.25) is 9.80 Å². The maximum Gasteiger partial charge on any atom is 0.322 e. The Bertz CT molecular complexity index is 2280. The number of aromatic nitrogens is 2. The summed E-state index contributed by atoms with van der Waals surface area (Å²) in [6.45, 7) is 2.51. The van der Waals surface area contributed by atoms with E-state index in [4.69, 9.17) is 0 Å². The quantitative estimate of drug-likeness (QED) is 0.202. The van der Waals surface area contributed by atoms with Crippen molar-refractivity contribution in [1.82, 2.24) is 18.8 Å². The summed E-state index contributed by atoms with van der Waals surface area (Å²) in [6.07, 6.45) is 7.30. The Morgan fingerprint density at radius 2 is 1.31 bits per heavy atom. The lowest BCUT2D eigenvalue weighted by Gasteiger charge is -2.48. The van der Waals surface area contributed by atoms with E-state index in [1.54, 1.807) is 18.3 Å². The van der Waals surface area contributed by atoms with Crippen LogP contribution < -0.4 is 10.2 Å². The second kappa shape index (κ2) is 11.1. The fourth-order valence-corrected chi connectivity index (χ4v) is 9.36. The molecule has 2 aliphatic rings. The summed E-state index contributed by atoms with van der Waals surface area (Å²) in [4.78, 5) is 18.3. The van der Waals surface area contributed by atoms with E-state index in [1.807, 2.05) is 83.3 Å². The zero-order valence-electron chi connectivity index (χ0n) is 27.4. The molecule has 3 heterocycles. The molecule has 0 atom stereocenters. The van der Waals surface area contributed by atoms with Crippen LogP contribution in [-0.4, -0.2) is 54.1 Å². The van der Waals surface area contributed by atoms with Gasteiger partial charge in [-0.05, 0) is 76.5 Å². The van der Waals surface area contributed by atoms with Gasteiger partial charge in [-0.25, -0.2) is 17.2 Å². The van der Waals surface area contributed by atoms with Gasteiger partial charge in [-0.1, -0.05) is 84.4 Å². The largest absolute Gasteiger partial charge is 0.330 e. The third-order valence-electron chi connectivity index (χ3n) is 10.8. The smallest absolute Gasteiger partial charge is 0.322 e. The number of benzene rings is 4. The molecule has 1 spiro atoms. The lowest BCUT2D eigenvalue weighted by molar-refractivity contribution is 0.0658. The summed E-state index contributed by atoms with van der Waals surface area (Å²) in [5, 5.41) is 5.15. The first-order valence-corrected chi connectivity index (χ1v) is 17.9. The average molecular weight is 658 g/mol. The normalized spacial score (nSPS) is 21.5. The summed E-state index contributed by atoms with van der Waals surface area (Å²) in [6, 6.07) is 33.1. The number of aryl methyl sites for hydroxylation is 1. The van der Waals surface area contributed by atoms with Crippen molar-refractivity contribution in [3.05, 3.63) is 127 Å². The van der Waals surface area contributed by atoms with E-state index in [0.29, 0.717) is 12.1 Å². The Balaban J connectivity index is 1.18. The van der Waals surface area contributed by atoms with Gasteiger partial charge in [-0.15, -0.1) is 0 Å².